The predicted octanol–water partition coefficient (Wildman–Crippen LogP) is 4.84. The Labute approximate surface area is 124 Å². The lowest BCUT2D eigenvalue weighted by Gasteiger charge is -2.15. The standard InChI is InChI=1S/C18H29NO/c1-3-5-6-7-8-9-10-11-12-13-16-19(4-2)18(20)17-14-15-17/h4,8-9,12-13,17H,2-3,5-7,10-11,14-16H2,1H3. The molecule has 20 heavy (non-hydrogen) atoms. The molecule has 1 rings (SSSR count). The lowest BCUT2D eigenvalue weighted by atomic mass is 10.2. The Balaban J connectivity index is 2.05. The Bertz CT molecular complexity index is 339. The summed E-state index contributed by atoms with van der Waals surface area (Å²) in [6, 6.07) is 0. The first-order valence-electron chi connectivity index (χ1n) is 8.02. The first kappa shape index (κ1) is 16.7. The third-order valence-electron chi connectivity index (χ3n) is 3.54. The highest BCUT2D eigenvalue weighted by molar-refractivity contribution is 5.82. The molecule has 0 spiro atoms. The number of rotatable bonds is 11. The molecule has 1 aliphatic rings. The van der Waals surface area contributed by atoms with Gasteiger partial charge in [-0.05, 0) is 44.7 Å². The van der Waals surface area contributed by atoms with Gasteiger partial charge in [-0.1, -0.05) is 50.6 Å². The van der Waals surface area contributed by atoms with Crippen molar-refractivity contribution in [1.29, 1.82) is 0 Å². The highest BCUT2D eigenvalue weighted by Crippen LogP contribution is 2.30. The van der Waals surface area contributed by atoms with Gasteiger partial charge in [-0.3, -0.25) is 4.79 Å². The minimum atomic E-state index is 0.237. The Morgan fingerprint density at radius 2 is 1.75 bits per heavy atom. The number of allylic oxidation sites excluding steroid dienone is 3. The summed E-state index contributed by atoms with van der Waals surface area (Å²) >= 11 is 0. The second-order valence-corrected chi connectivity index (χ2v) is 5.46. The zero-order valence-corrected chi connectivity index (χ0v) is 12.9. The van der Waals surface area contributed by atoms with Crippen LogP contribution in [0, 0.1) is 5.92 Å². The van der Waals surface area contributed by atoms with E-state index in [0.29, 0.717) is 6.54 Å². The van der Waals surface area contributed by atoms with Crippen molar-refractivity contribution in [3.8, 4) is 0 Å². The molecule has 1 fully saturated rings. The van der Waals surface area contributed by atoms with Gasteiger partial charge in [0, 0.05) is 12.5 Å². The van der Waals surface area contributed by atoms with Gasteiger partial charge in [-0.15, -0.1) is 0 Å². The normalized spacial score (nSPS) is 15.1. The molecule has 0 aliphatic heterocycles. The highest BCUT2D eigenvalue weighted by Gasteiger charge is 2.32. The number of carbonyl (C=O) groups is 1. The number of hydrogen-bond donors (Lipinski definition) is 0. The maximum absolute atomic E-state index is 11.8. The van der Waals surface area contributed by atoms with E-state index in [-0.39, 0.29) is 11.8 Å². The van der Waals surface area contributed by atoms with Crippen molar-refractivity contribution in [3.63, 3.8) is 0 Å². The lowest BCUT2D eigenvalue weighted by Crippen LogP contribution is -2.26. The van der Waals surface area contributed by atoms with Gasteiger partial charge in [0.05, 0.1) is 0 Å². The van der Waals surface area contributed by atoms with Crippen LogP contribution in [0.1, 0.15) is 58.3 Å². The molecule has 0 saturated heterocycles. The Hall–Kier alpha value is -1.31. The van der Waals surface area contributed by atoms with E-state index in [1.165, 1.54) is 25.7 Å². The monoisotopic (exact) mass is 275 g/mol. The largest absolute Gasteiger partial charge is 0.316 e. The van der Waals surface area contributed by atoms with Crippen molar-refractivity contribution in [1.82, 2.24) is 4.90 Å². The zero-order valence-electron chi connectivity index (χ0n) is 12.9. The summed E-state index contributed by atoms with van der Waals surface area (Å²) < 4.78 is 0. The van der Waals surface area contributed by atoms with Crippen molar-refractivity contribution in [3.05, 3.63) is 37.1 Å². The topological polar surface area (TPSA) is 20.3 Å². The van der Waals surface area contributed by atoms with E-state index >= 15 is 0 Å². The van der Waals surface area contributed by atoms with Crippen LogP contribution in [0.2, 0.25) is 0 Å². The van der Waals surface area contributed by atoms with E-state index < -0.39 is 0 Å². The maximum Gasteiger partial charge on any atom is 0.229 e. The van der Waals surface area contributed by atoms with Gasteiger partial charge in [0.1, 0.15) is 0 Å². The summed E-state index contributed by atoms with van der Waals surface area (Å²) in [5.41, 5.74) is 0. The third-order valence-corrected chi connectivity index (χ3v) is 3.54. The molecule has 1 amide bonds. The van der Waals surface area contributed by atoms with E-state index in [2.05, 4.69) is 37.8 Å². The number of nitrogens with zero attached hydrogens (tertiary/aromatic N) is 1. The fourth-order valence-electron chi connectivity index (χ4n) is 2.07. The fraction of sp³-hybridized carbons (Fsp3) is 0.611. The van der Waals surface area contributed by atoms with Crippen LogP contribution in [0.4, 0.5) is 0 Å². The summed E-state index contributed by atoms with van der Waals surface area (Å²) in [6.07, 6.45) is 19.8. The first-order chi connectivity index (χ1) is 9.79. The Kier molecular flexibility index (Phi) is 8.77. The van der Waals surface area contributed by atoms with Crippen LogP contribution in [-0.4, -0.2) is 17.4 Å². The summed E-state index contributed by atoms with van der Waals surface area (Å²) in [6.45, 7) is 6.61. The minimum Gasteiger partial charge on any atom is -0.316 e. The van der Waals surface area contributed by atoms with Gasteiger partial charge in [0.25, 0.3) is 0 Å². The third kappa shape index (κ3) is 7.32. The Morgan fingerprint density at radius 1 is 1.10 bits per heavy atom. The molecule has 1 aliphatic carbocycles. The van der Waals surface area contributed by atoms with E-state index in [9.17, 15) is 4.79 Å². The van der Waals surface area contributed by atoms with E-state index in [0.717, 1.165) is 25.7 Å². The van der Waals surface area contributed by atoms with E-state index in [1.54, 1.807) is 11.1 Å². The Morgan fingerprint density at radius 3 is 2.35 bits per heavy atom. The second-order valence-electron chi connectivity index (χ2n) is 5.46. The number of carbonyl (C=O) groups excluding carboxylic acids is 1. The molecular formula is C18H29NO. The molecule has 0 bridgehead atoms. The van der Waals surface area contributed by atoms with Crippen molar-refractivity contribution in [2.45, 2.75) is 58.3 Å². The van der Waals surface area contributed by atoms with Gasteiger partial charge in [0.15, 0.2) is 0 Å². The minimum absolute atomic E-state index is 0.237. The molecule has 0 aromatic heterocycles. The van der Waals surface area contributed by atoms with Crippen LogP contribution in [0.5, 0.6) is 0 Å². The highest BCUT2D eigenvalue weighted by atomic mass is 16.2. The van der Waals surface area contributed by atoms with E-state index in [4.69, 9.17) is 0 Å². The number of hydrogen-bond acceptors (Lipinski definition) is 1. The average molecular weight is 275 g/mol. The molecule has 0 atom stereocenters. The van der Waals surface area contributed by atoms with Crippen LogP contribution >= 0.6 is 0 Å². The van der Waals surface area contributed by atoms with Gasteiger partial charge >= 0.3 is 0 Å². The predicted molar refractivity (Wildman–Crippen MR) is 86.3 cm³/mol. The molecule has 112 valence electrons. The average Bonchev–Trinajstić information content (AvgIpc) is 3.29. The molecule has 0 N–H and O–H groups in total. The molecule has 0 heterocycles. The number of unbranched alkanes of at least 4 members (excludes halogenated alkanes) is 4. The molecule has 2 nitrogen and oxygen atoms in total. The van der Waals surface area contributed by atoms with Crippen molar-refractivity contribution < 1.29 is 4.79 Å². The molecule has 0 aromatic rings. The summed E-state index contributed by atoms with van der Waals surface area (Å²) in [7, 11) is 0. The van der Waals surface area contributed by atoms with Crippen LogP contribution < -0.4 is 0 Å². The van der Waals surface area contributed by atoms with Gasteiger partial charge < -0.3 is 4.90 Å². The van der Waals surface area contributed by atoms with Crippen LogP contribution in [0.3, 0.4) is 0 Å². The van der Waals surface area contributed by atoms with Gasteiger partial charge in [0.2, 0.25) is 5.91 Å². The summed E-state index contributed by atoms with van der Waals surface area (Å²) in [4.78, 5) is 13.6. The fourth-order valence-corrected chi connectivity index (χ4v) is 2.07. The van der Waals surface area contributed by atoms with Gasteiger partial charge in [-0.2, -0.15) is 0 Å². The summed E-state index contributed by atoms with van der Waals surface area (Å²) in [5.74, 6) is 0.507. The summed E-state index contributed by atoms with van der Waals surface area (Å²) in [5, 5.41) is 0. The maximum atomic E-state index is 11.8. The second kappa shape index (κ2) is 10.5. The van der Waals surface area contributed by atoms with Crippen LogP contribution in [-0.2, 0) is 4.79 Å². The molecular weight excluding hydrogens is 246 g/mol. The molecule has 0 unspecified atom stereocenters. The zero-order chi connectivity index (χ0) is 14.6. The SMILES string of the molecule is C=CN(CC=CCCC=CCCCCC)C(=O)C1CC1. The molecule has 2 heteroatoms. The molecule has 1 saturated carbocycles. The van der Waals surface area contributed by atoms with E-state index in [1.807, 2.05) is 0 Å². The first-order valence-corrected chi connectivity index (χ1v) is 8.02. The smallest absolute Gasteiger partial charge is 0.229 e. The van der Waals surface area contributed by atoms with Crippen LogP contribution in [0.25, 0.3) is 0 Å². The van der Waals surface area contributed by atoms with Crippen molar-refractivity contribution in [2.75, 3.05) is 6.54 Å². The molecule has 0 aromatic carbocycles. The van der Waals surface area contributed by atoms with Crippen molar-refractivity contribution >= 4 is 5.91 Å². The van der Waals surface area contributed by atoms with Gasteiger partial charge in [-0.25, -0.2) is 0 Å². The number of amides is 1. The lowest BCUT2D eigenvalue weighted by molar-refractivity contribution is -0.129. The van der Waals surface area contributed by atoms with Crippen molar-refractivity contribution in [2.24, 2.45) is 5.92 Å². The molecule has 0 radical (unpaired) electrons. The van der Waals surface area contributed by atoms with Crippen LogP contribution in [0.15, 0.2) is 37.1 Å². The quantitative estimate of drug-likeness (QED) is 0.390.